The Hall–Kier alpha value is -2.56. The molecule has 1 saturated carbocycles. The Bertz CT molecular complexity index is 684. The van der Waals surface area contributed by atoms with Crippen LogP contribution in [0.3, 0.4) is 0 Å². The predicted molar refractivity (Wildman–Crippen MR) is 83.0 cm³/mol. The summed E-state index contributed by atoms with van der Waals surface area (Å²) in [7, 11) is 0. The summed E-state index contributed by atoms with van der Waals surface area (Å²) in [5, 5.41) is 0. The highest BCUT2D eigenvalue weighted by Gasteiger charge is 2.41. The lowest BCUT2D eigenvalue weighted by Crippen LogP contribution is -2.38. The van der Waals surface area contributed by atoms with E-state index in [0.717, 1.165) is 12.8 Å². The van der Waals surface area contributed by atoms with E-state index in [2.05, 4.69) is 0 Å². The first-order valence-electron chi connectivity index (χ1n) is 7.76. The fraction of sp³-hybridized carbons (Fsp3) is 0.333. The van der Waals surface area contributed by atoms with Gasteiger partial charge in [0.05, 0.1) is 11.1 Å². The number of carbonyl (C=O) groups excluding carboxylic acids is 4. The molecule has 0 bridgehead atoms. The number of allylic oxidation sites excluding steroid dienone is 2. The highest BCUT2D eigenvalue weighted by Crippen LogP contribution is 2.30. The van der Waals surface area contributed by atoms with E-state index in [1.54, 1.807) is 30.3 Å². The summed E-state index contributed by atoms with van der Waals surface area (Å²) >= 11 is 0. The SMILES string of the molecule is O=C1C=CCC1.O=C1CCC(N2C(=O)c3ccccc3C2=O)C1. The van der Waals surface area contributed by atoms with E-state index in [0.29, 0.717) is 30.4 Å². The third-order valence-corrected chi connectivity index (χ3v) is 4.27. The van der Waals surface area contributed by atoms with Gasteiger partial charge in [-0.05, 0) is 31.1 Å². The van der Waals surface area contributed by atoms with Crippen LogP contribution in [-0.2, 0) is 9.59 Å². The second-order valence-corrected chi connectivity index (χ2v) is 5.87. The number of benzene rings is 1. The zero-order valence-corrected chi connectivity index (χ0v) is 12.7. The van der Waals surface area contributed by atoms with Crippen LogP contribution in [0.5, 0.6) is 0 Å². The average molecular weight is 311 g/mol. The molecule has 0 saturated heterocycles. The van der Waals surface area contributed by atoms with Crippen molar-refractivity contribution in [1.29, 1.82) is 0 Å². The van der Waals surface area contributed by atoms with E-state index >= 15 is 0 Å². The molecule has 1 aliphatic heterocycles. The zero-order chi connectivity index (χ0) is 16.4. The lowest BCUT2D eigenvalue weighted by Gasteiger charge is -2.20. The summed E-state index contributed by atoms with van der Waals surface area (Å²) < 4.78 is 0. The standard InChI is InChI=1S/C13H11NO3.C5H6O/c15-9-6-5-8(7-9)14-12(16)10-3-1-2-4-11(10)13(14)17;6-5-3-1-2-4-5/h1-4,8H,5-7H2;1,3H,2,4H2. The number of Topliss-reactive ketones (excluding diaryl/α,β-unsaturated/α-hetero) is 1. The third kappa shape index (κ3) is 2.99. The molecule has 1 fully saturated rings. The quantitative estimate of drug-likeness (QED) is 0.746. The first kappa shape index (κ1) is 15.3. The minimum absolute atomic E-state index is 0.131. The van der Waals surface area contributed by atoms with E-state index < -0.39 is 0 Å². The number of rotatable bonds is 1. The summed E-state index contributed by atoms with van der Waals surface area (Å²) in [6.45, 7) is 0. The molecule has 1 atom stereocenters. The lowest BCUT2D eigenvalue weighted by molar-refractivity contribution is -0.117. The second kappa shape index (κ2) is 6.28. The molecule has 1 unspecified atom stereocenters. The maximum absolute atomic E-state index is 12.1. The molecular weight excluding hydrogens is 294 g/mol. The van der Waals surface area contributed by atoms with Crippen LogP contribution < -0.4 is 0 Å². The van der Waals surface area contributed by atoms with Crippen LogP contribution >= 0.6 is 0 Å². The Morgan fingerprint density at radius 3 is 1.96 bits per heavy atom. The van der Waals surface area contributed by atoms with Gasteiger partial charge < -0.3 is 0 Å². The molecule has 0 aromatic heterocycles. The molecule has 5 nitrogen and oxygen atoms in total. The van der Waals surface area contributed by atoms with Crippen LogP contribution in [0.2, 0.25) is 0 Å². The monoisotopic (exact) mass is 311 g/mol. The molecule has 2 aliphatic carbocycles. The van der Waals surface area contributed by atoms with E-state index in [9.17, 15) is 19.2 Å². The first-order chi connectivity index (χ1) is 11.1. The molecule has 0 radical (unpaired) electrons. The molecule has 5 heteroatoms. The van der Waals surface area contributed by atoms with Gasteiger partial charge in [0.1, 0.15) is 5.78 Å². The van der Waals surface area contributed by atoms with Crippen molar-refractivity contribution in [1.82, 2.24) is 4.90 Å². The van der Waals surface area contributed by atoms with Crippen LogP contribution in [0.4, 0.5) is 0 Å². The number of imide groups is 1. The smallest absolute Gasteiger partial charge is 0.261 e. The van der Waals surface area contributed by atoms with E-state index in [4.69, 9.17) is 0 Å². The predicted octanol–water partition coefficient (Wildman–Crippen LogP) is 2.31. The van der Waals surface area contributed by atoms with Crippen LogP contribution in [0.1, 0.15) is 52.8 Å². The molecule has 4 rings (SSSR count). The maximum atomic E-state index is 12.1. The fourth-order valence-electron chi connectivity index (χ4n) is 3.08. The minimum Gasteiger partial charge on any atom is -0.300 e. The Kier molecular flexibility index (Phi) is 4.19. The molecule has 3 aliphatic rings. The summed E-state index contributed by atoms with van der Waals surface area (Å²) in [5.41, 5.74) is 0.911. The van der Waals surface area contributed by atoms with Gasteiger partial charge >= 0.3 is 0 Å². The summed E-state index contributed by atoms with van der Waals surface area (Å²) in [6.07, 6.45) is 6.62. The molecule has 1 heterocycles. The van der Waals surface area contributed by atoms with E-state index in [-0.39, 0.29) is 29.4 Å². The Morgan fingerprint density at radius 1 is 0.913 bits per heavy atom. The van der Waals surface area contributed by atoms with Crippen molar-refractivity contribution in [3.8, 4) is 0 Å². The van der Waals surface area contributed by atoms with Gasteiger partial charge in [0.25, 0.3) is 11.8 Å². The second-order valence-electron chi connectivity index (χ2n) is 5.87. The van der Waals surface area contributed by atoms with E-state index in [1.807, 2.05) is 6.08 Å². The Morgan fingerprint density at radius 2 is 1.57 bits per heavy atom. The van der Waals surface area contributed by atoms with Gasteiger partial charge in [-0.3, -0.25) is 24.1 Å². The highest BCUT2D eigenvalue weighted by molar-refractivity contribution is 6.21. The van der Waals surface area contributed by atoms with Crippen molar-refractivity contribution >= 4 is 23.4 Å². The number of ketones is 2. The van der Waals surface area contributed by atoms with Gasteiger partial charge in [0.2, 0.25) is 0 Å². The van der Waals surface area contributed by atoms with Crippen molar-refractivity contribution in [2.24, 2.45) is 0 Å². The van der Waals surface area contributed by atoms with Crippen molar-refractivity contribution in [3.05, 3.63) is 47.5 Å². The van der Waals surface area contributed by atoms with Crippen LogP contribution in [0.25, 0.3) is 0 Å². The van der Waals surface area contributed by atoms with Gasteiger partial charge in [-0.2, -0.15) is 0 Å². The Labute approximate surface area is 134 Å². The fourth-order valence-corrected chi connectivity index (χ4v) is 3.08. The van der Waals surface area contributed by atoms with Gasteiger partial charge in [0, 0.05) is 25.3 Å². The first-order valence-corrected chi connectivity index (χ1v) is 7.76. The molecule has 1 aromatic rings. The molecule has 0 N–H and O–H groups in total. The number of carbonyl (C=O) groups is 4. The third-order valence-electron chi connectivity index (χ3n) is 4.27. The van der Waals surface area contributed by atoms with Crippen molar-refractivity contribution in [3.63, 3.8) is 0 Å². The van der Waals surface area contributed by atoms with Gasteiger partial charge in [0.15, 0.2) is 5.78 Å². The molecule has 0 spiro atoms. The molecule has 2 amide bonds. The molecule has 1 aromatic carbocycles. The van der Waals surface area contributed by atoms with Gasteiger partial charge in [-0.1, -0.05) is 18.2 Å². The van der Waals surface area contributed by atoms with Gasteiger partial charge in [-0.25, -0.2) is 0 Å². The van der Waals surface area contributed by atoms with Crippen molar-refractivity contribution < 1.29 is 19.2 Å². The van der Waals surface area contributed by atoms with Crippen molar-refractivity contribution in [2.45, 2.75) is 38.1 Å². The number of nitrogens with zero attached hydrogens (tertiary/aromatic N) is 1. The average Bonchev–Trinajstić information content (AvgIpc) is 3.24. The zero-order valence-electron chi connectivity index (χ0n) is 12.7. The Balaban J connectivity index is 0.000000220. The van der Waals surface area contributed by atoms with Crippen LogP contribution in [0.15, 0.2) is 36.4 Å². The summed E-state index contributed by atoms with van der Waals surface area (Å²) in [4.78, 5) is 46.9. The summed E-state index contributed by atoms with van der Waals surface area (Å²) in [5.74, 6) is -0.114. The molecule has 118 valence electrons. The van der Waals surface area contributed by atoms with Crippen molar-refractivity contribution in [2.75, 3.05) is 0 Å². The number of hydrogen-bond donors (Lipinski definition) is 0. The number of fused-ring (bicyclic) bond motifs is 1. The highest BCUT2D eigenvalue weighted by atomic mass is 16.2. The van der Waals surface area contributed by atoms with Gasteiger partial charge in [-0.15, -0.1) is 0 Å². The van der Waals surface area contributed by atoms with Crippen LogP contribution in [-0.4, -0.2) is 34.3 Å². The van der Waals surface area contributed by atoms with Crippen LogP contribution in [0, 0.1) is 0 Å². The molecular formula is C18H17NO4. The van der Waals surface area contributed by atoms with E-state index in [1.165, 1.54) is 4.90 Å². The normalized spacial score (nSPS) is 22.4. The minimum atomic E-state index is -0.259. The largest absolute Gasteiger partial charge is 0.300 e. The molecule has 23 heavy (non-hydrogen) atoms. The topological polar surface area (TPSA) is 71.5 Å². The lowest BCUT2D eigenvalue weighted by atomic mass is 10.1. The number of amides is 2. The summed E-state index contributed by atoms with van der Waals surface area (Å²) in [6, 6.07) is 6.56. The maximum Gasteiger partial charge on any atom is 0.261 e. The number of hydrogen-bond acceptors (Lipinski definition) is 4.